The fraction of sp³-hybridized carbons (Fsp3) is 0.294. The van der Waals surface area contributed by atoms with E-state index in [-0.39, 0.29) is 4.21 Å². The maximum absolute atomic E-state index is 12.4. The molecule has 1 aromatic carbocycles. The molecule has 0 amide bonds. The van der Waals surface area contributed by atoms with Gasteiger partial charge in [0.2, 0.25) is 21.8 Å². The van der Waals surface area contributed by atoms with Crippen LogP contribution in [0.1, 0.15) is 24.8 Å². The second kappa shape index (κ2) is 7.90. The van der Waals surface area contributed by atoms with E-state index in [4.69, 9.17) is 4.42 Å². The molecule has 2 heterocycles. The van der Waals surface area contributed by atoms with Gasteiger partial charge in [0.25, 0.3) is 0 Å². The molecule has 2 aromatic heterocycles. The summed E-state index contributed by atoms with van der Waals surface area (Å²) < 4.78 is 33.1. The van der Waals surface area contributed by atoms with Crippen molar-refractivity contribution in [1.29, 1.82) is 0 Å². The first-order chi connectivity index (χ1) is 12.1. The van der Waals surface area contributed by atoms with Crippen LogP contribution < -0.4 is 4.72 Å². The Labute approximate surface area is 151 Å². The molecule has 3 aromatic rings. The number of rotatable bonds is 8. The standard InChI is InChI=1S/C17H19N3O3S2/c1-2-15-19-20-17(23-15)14-11-16(24-12-14)25(21,22)18-10-6-9-13-7-4-3-5-8-13/h3-5,7-8,11-12,18H,2,6,9-10H2,1H3. The second-order valence-electron chi connectivity index (χ2n) is 5.50. The van der Waals surface area contributed by atoms with Gasteiger partial charge in [-0.2, -0.15) is 0 Å². The van der Waals surface area contributed by atoms with Crippen molar-refractivity contribution in [2.75, 3.05) is 6.54 Å². The second-order valence-corrected chi connectivity index (χ2v) is 8.40. The lowest BCUT2D eigenvalue weighted by molar-refractivity contribution is 0.513. The Balaban J connectivity index is 1.58. The number of sulfonamides is 1. The summed E-state index contributed by atoms with van der Waals surface area (Å²) in [7, 11) is -3.52. The molecule has 0 aliphatic carbocycles. The molecule has 0 bridgehead atoms. The first-order valence-corrected chi connectivity index (χ1v) is 10.4. The lowest BCUT2D eigenvalue weighted by Crippen LogP contribution is -2.24. The SMILES string of the molecule is CCc1nnc(-c2csc(S(=O)(=O)NCCCc3ccccc3)c2)o1. The summed E-state index contributed by atoms with van der Waals surface area (Å²) in [5.41, 5.74) is 1.82. The van der Waals surface area contributed by atoms with Crippen LogP contribution in [0.25, 0.3) is 11.5 Å². The van der Waals surface area contributed by atoms with Gasteiger partial charge in [-0.3, -0.25) is 0 Å². The van der Waals surface area contributed by atoms with Crippen LogP contribution in [0.2, 0.25) is 0 Å². The summed E-state index contributed by atoms with van der Waals surface area (Å²) in [5, 5.41) is 9.55. The van der Waals surface area contributed by atoms with E-state index in [1.54, 1.807) is 11.4 Å². The summed E-state index contributed by atoms with van der Waals surface area (Å²) in [5.74, 6) is 0.878. The zero-order chi connectivity index (χ0) is 17.7. The highest BCUT2D eigenvalue weighted by Gasteiger charge is 2.18. The number of aryl methyl sites for hydroxylation is 2. The van der Waals surface area contributed by atoms with Gasteiger partial charge < -0.3 is 4.42 Å². The maximum atomic E-state index is 12.4. The van der Waals surface area contributed by atoms with E-state index >= 15 is 0 Å². The number of benzene rings is 1. The summed E-state index contributed by atoms with van der Waals surface area (Å²) in [6.45, 7) is 2.31. The normalized spacial score (nSPS) is 11.7. The van der Waals surface area contributed by atoms with E-state index in [1.165, 1.54) is 5.56 Å². The molecule has 0 saturated carbocycles. The summed E-state index contributed by atoms with van der Waals surface area (Å²) in [6.07, 6.45) is 2.22. The van der Waals surface area contributed by atoms with Gasteiger partial charge in [0.1, 0.15) is 4.21 Å². The first-order valence-electron chi connectivity index (χ1n) is 8.03. The largest absolute Gasteiger partial charge is 0.421 e. The van der Waals surface area contributed by atoms with Crippen molar-refractivity contribution in [3.8, 4) is 11.5 Å². The number of nitrogens with one attached hydrogen (secondary N) is 1. The molecule has 3 rings (SSSR count). The molecule has 0 aliphatic heterocycles. The van der Waals surface area contributed by atoms with Crippen molar-refractivity contribution >= 4 is 21.4 Å². The molecule has 0 radical (unpaired) electrons. The van der Waals surface area contributed by atoms with Crippen LogP contribution in [0.3, 0.4) is 0 Å². The van der Waals surface area contributed by atoms with E-state index in [1.807, 2.05) is 37.3 Å². The highest BCUT2D eigenvalue weighted by atomic mass is 32.2. The lowest BCUT2D eigenvalue weighted by Gasteiger charge is -2.04. The van der Waals surface area contributed by atoms with Crippen molar-refractivity contribution in [3.63, 3.8) is 0 Å². The van der Waals surface area contributed by atoms with Crippen LogP contribution >= 0.6 is 11.3 Å². The van der Waals surface area contributed by atoms with E-state index < -0.39 is 10.0 Å². The molecule has 6 nitrogen and oxygen atoms in total. The van der Waals surface area contributed by atoms with Gasteiger partial charge in [0.05, 0.1) is 5.56 Å². The van der Waals surface area contributed by atoms with Crippen molar-refractivity contribution in [2.45, 2.75) is 30.4 Å². The predicted molar refractivity (Wildman–Crippen MR) is 96.9 cm³/mol. The fourth-order valence-corrected chi connectivity index (χ4v) is 4.57. The van der Waals surface area contributed by atoms with E-state index in [2.05, 4.69) is 14.9 Å². The summed E-state index contributed by atoms with van der Waals surface area (Å²) >= 11 is 1.14. The van der Waals surface area contributed by atoms with Gasteiger partial charge in [-0.1, -0.05) is 37.3 Å². The van der Waals surface area contributed by atoms with Crippen LogP contribution in [0.5, 0.6) is 0 Å². The van der Waals surface area contributed by atoms with Crippen LogP contribution in [-0.4, -0.2) is 25.2 Å². The van der Waals surface area contributed by atoms with Crippen LogP contribution in [0, 0.1) is 0 Å². The third kappa shape index (κ3) is 4.53. The summed E-state index contributed by atoms with van der Waals surface area (Å²) in [6, 6.07) is 11.6. The van der Waals surface area contributed by atoms with Crippen LogP contribution in [-0.2, 0) is 22.9 Å². The van der Waals surface area contributed by atoms with Crippen LogP contribution in [0.4, 0.5) is 0 Å². The van der Waals surface area contributed by atoms with Crippen molar-refractivity contribution < 1.29 is 12.8 Å². The van der Waals surface area contributed by atoms with Gasteiger partial charge in [0.15, 0.2) is 0 Å². The van der Waals surface area contributed by atoms with Gasteiger partial charge in [-0.15, -0.1) is 21.5 Å². The Morgan fingerprint density at radius 3 is 2.72 bits per heavy atom. The first kappa shape index (κ1) is 17.8. The van der Waals surface area contributed by atoms with Crippen LogP contribution in [0.15, 0.2) is 50.4 Å². The van der Waals surface area contributed by atoms with Gasteiger partial charge in [-0.25, -0.2) is 13.1 Å². The Hall–Kier alpha value is -2.03. The molecule has 25 heavy (non-hydrogen) atoms. The minimum atomic E-state index is -3.52. The lowest BCUT2D eigenvalue weighted by atomic mass is 10.1. The zero-order valence-electron chi connectivity index (χ0n) is 13.8. The molecule has 132 valence electrons. The molecule has 0 saturated heterocycles. The fourth-order valence-electron chi connectivity index (χ4n) is 2.30. The maximum Gasteiger partial charge on any atom is 0.250 e. The third-order valence-electron chi connectivity index (χ3n) is 3.63. The minimum absolute atomic E-state index is 0.249. The average Bonchev–Trinajstić information content (AvgIpc) is 3.28. The van der Waals surface area contributed by atoms with Crippen molar-refractivity contribution in [3.05, 3.63) is 53.2 Å². The number of hydrogen-bond donors (Lipinski definition) is 1. The topological polar surface area (TPSA) is 85.1 Å². The molecule has 8 heteroatoms. The highest BCUT2D eigenvalue weighted by molar-refractivity contribution is 7.91. The quantitative estimate of drug-likeness (QED) is 0.609. The molecule has 0 fully saturated rings. The number of thiophene rings is 1. The predicted octanol–water partition coefficient (Wildman–Crippen LogP) is 3.27. The Bertz CT molecular complexity index is 918. The molecule has 0 atom stereocenters. The summed E-state index contributed by atoms with van der Waals surface area (Å²) in [4.78, 5) is 0. The van der Waals surface area contributed by atoms with E-state index in [0.29, 0.717) is 30.3 Å². The number of nitrogens with zero attached hydrogens (tertiary/aromatic N) is 2. The number of aromatic nitrogens is 2. The molecule has 0 spiro atoms. The highest BCUT2D eigenvalue weighted by Crippen LogP contribution is 2.27. The minimum Gasteiger partial charge on any atom is -0.421 e. The van der Waals surface area contributed by atoms with Crippen molar-refractivity contribution in [1.82, 2.24) is 14.9 Å². The molecular weight excluding hydrogens is 358 g/mol. The average molecular weight is 377 g/mol. The van der Waals surface area contributed by atoms with Gasteiger partial charge in [-0.05, 0) is 24.5 Å². The van der Waals surface area contributed by atoms with Gasteiger partial charge >= 0.3 is 0 Å². The van der Waals surface area contributed by atoms with Gasteiger partial charge in [0, 0.05) is 18.3 Å². The molecule has 0 unspecified atom stereocenters. The third-order valence-corrected chi connectivity index (χ3v) is 6.53. The number of hydrogen-bond acceptors (Lipinski definition) is 6. The van der Waals surface area contributed by atoms with Crippen molar-refractivity contribution in [2.24, 2.45) is 0 Å². The monoisotopic (exact) mass is 377 g/mol. The van der Waals surface area contributed by atoms with E-state index in [0.717, 1.165) is 24.2 Å². The molecular formula is C17H19N3O3S2. The molecule has 0 aliphatic rings. The van der Waals surface area contributed by atoms with E-state index in [9.17, 15) is 8.42 Å². The Morgan fingerprint density at radius 2 is 2.00 bits per heavy atom. The Morgan fingerprint density at radius 1 is 1.20 bits per heavy atom. The zero-order valence-corrected chi connectivity index (χ0v) is 15.4. The molecule has 1 N–H and O–H groups in total. The smallest absolute Gasteiger partial charge is 0.250 e. The Kier molecular flexibility index (Phi) is 5.62.